The number of nitrogens with zero attached hydrogens (tertiary/aromatic N) is 2. The van der Waals surface area contributed by atoms with Crippen molar-refractivity contribution in [2.24, 2.45) is 0 Å². The predicted octanol–water partition coefficient (Wildman–Crippen LogP) is 2.67. The number of halogens is 1. The SMILES string of the molecule is O=C(NCCCn1cc(Br)cn1)NC1CCCCC1. The van der Waals surface area contributed by atoms with Crippen molar-refractivity contribution in [1.82, 2.24) is 20.4 Å². The van der Waals surface area contributed by atoms with Crippen LogP contribution in [0.25, 0.3) is 0 Å². The second-order valence-corrected chi connectivity index (χ2v) is 5.93. The molecule has 19 heavy (non-hydrogen) atoms. The molecule has 2 rings (SSSR count). The van der Waals surface area contributed by atoms with E-state index in [4.69, 9.17) is 0 Å². The van der Waals surface area contributed by atoms with Crippen molar-refractivity contribution in [1.29, 1.82) is 0 Å². The fourth-order valence-corrected chi connectivity index (χ4v) is 2.71. The Morgan fingerprint density at radius 3 is 2.89 bits per heavy atom. The molecule has 2 amide bonds. The number of carbonyl (C=O) groups is 1. The van der Waals surface area contributed by atoms with E-state index in [1.165, 1.54) is 19.3 Å². The summed E-state index contributed by atoms with van der Waals surface area (Å²) >= 11 is 3.36. The highest BCUT2D eigenvalue weighted by Gasteiger charge is 2.14. The van der Waals surface area contributed by atoms with Gasteiger partial charge in [0.25, 0.3) is 0 Å². The van der Waals surface area contributed by atoms with Gasteiger partial charge < -0.3 is 10.6 Å². The van der Waals surface area contributed by atoms with Gasteiger partial charge in [0.15, 0.2) is 0 Å². The number of amides is 2. The number of urea groups is 1. The first-order valence-electron chi connectivity index (χ1n) is 6.96. The van der Waals surface area contributed by atoms with Crippen LogP contribution in [0.15, 0.2) is 16.9 Å². The molecule has 1 aliphatic carbocycles. The van der Waals surface area contributed by atoms with Crippen molar-refractivity contribution in [3.05, 3.63) is 16.9 Å². The molecule has 2 N–H and O–H groups in total. The number of hydrogen-bond acceptors (Lipinski definition) is 2. The van der Waals surface area contributed by atoms with E-state index in [0.29, 0.717) is 12.6 Å². The minimum Gasteiger partial charge on any atom is -0.338 e. The molecule has 0 aliphatic heterocycles. The van der Waals surface area contributed by atoms with Crippen molar-refractivity contribution >= 4 is 22.0 Å². The van der Waals surface area contributed by atoms with Gasteiger partial charge in [-0.1, -0.05) is 19.3 Å². The lowest BCUT2D eigenvalue weighted by Crippen LogP contribution is -2.43. The average molecular weight is 329 g/mol. The normalized spacial score (nSPS) is 16.3. The molecule has 1 aromatic rings. The zero-order valence-electron chi connectivity index (χ0n) is 11.1. The van der Waals surface area contributed by atoms with Gasteiger partial charge in [0.05, 0.1) is 10.7 Å². The van der Waals surface area contributed by atoms with Crippen LogP contribution in [-0.4, -0.2) is 28.4 Å². The van der Waals surface area contributed by atoms with Crippen LogP contribution in [-0.2, 0) is 6.54 Å². The topological polar surface area (TPSA) is 59.0 Å². The average Bonchev–Trinajstić information content (AvgIpc) is 2.82. The van der Waals surface area contributed by atoms with Crippen LogP contribution < -0.4 is 10.6 Å². The van der Waals surface area contributed by atoms with Gasteiger partial charge in [0.1, 0.15) is 0 Å². The fraction of sp³-hybridized carbons (Fsp3) is 0.692. The highest BCUT2D eigenvalue weighted by atomic mass is 79.9. The zero-order valence-corrected chi connectivity index (χ0v) is 12.7. The summed E-state index contributed by atoms with van der Waals surface area (Å²) in [5.41, 5.74) is 0. The van der Waals surface area contributed by atoms with Gasteiger partial charge in [-0.25, -0.2) is 4.79 Å². The lowest BCUT2D eigenvalue weighted by Gasteiger charge is -2.22. The van der Waals surface area contributed by atoms with E-state index in [9.17, 15) is 4.79 Å². The third-order valence-corrected chi connectivity index (χ3v) is 3.80. The second-order valence-electron chi connectivity index (χ2n) is 5.01. The number of aromatic nitrogens is 2. The molecule has 0 aromatic carbocycles. The highest BCUT2D eigenvalue weighted by Crippen LogP contribution is 2.17. The van der Waals surface area contributed by atoms with E-state index in [-0.39, 0.29) is 6.03 Å². The number of hydrogen-bond donors (Lipinski definition) is 2. The van der Waals surface area contributed by atoms with Crippen LogP contribution in [0.4, 0.5) is 4.79 Å². The minimum absolute atomic E-state index is 0.0338. The van der Waals surface area contributed by atoms with Gasteiger partial charge >= 0.3 is 6.03 Å². The molecule has 5 nitrogen and oxygen atoms in total. The Morgan fingerprint density at radius 2 is 2.21 bits per heavy atom. The van der Waals surface area contributed by atoms with E-state index in [2.05, 4.69) is 31.7 Å². The summed E-state index contributed by atoms with van der Waals surface area (Å²) in [6.07, 6.45) is 10.6. The van der Waals surface area contributed by atoms with Crippen LogP contribution in [0.5, 0.6) is 0 Å². The molecule has 0 atom stereocenters. The summed E-state index contributed by atoms with van der Waals surface area (Å²) in [4.78, 5) is 11.7. The van der Waals surface area contributed by atoms with Crippen LogP contribution >= 0.6 is 15.9 Å². The van der Waals surface area contributed by atoms with Gasteiger partial charge in [-0.15, -0.1) is 0 Å². The Labute approximate surface area is 122 Å². The number of rotatable bonds is 5. The lowest BCUT2D eigenvalue weighted by atomic mass is 9.96. The monoisotopic (exact) mass is 328 g/mol. The fourth-order valence-electron chi connectivity index (χ4n) is 2.39. The zero-order chi connectivity index (χ0) is 13.5. The van der Waals surface area contributed by atoms with Crippen LogP contribution in [0.3, 0.4) is 0 Å². The van der Waals surface area contributed by atoms with Gasteiger partial charge in [-0.3, -0.25) is 4.68 Å². The second kappa shape index (κ2) is 7.53. The maximum atomic E-state index is 11.7. The van der Waals surface area contributed by atoms with E-state index in [1.807, 2.05) is 10.9 Å². The molecular weight excluding hydrogens is 308 g/mol. The van der Waals surface area contributed by atoms with Crippen molar-refractivity contribution in [2.45, 2.75) is 51.1 Å². The number of nitrogens with one attached hydrogen (secondary N) is 2. The van der Waals surface area contributed by atoms with Crippen molar-refractivity contribution < 1.29 is 4.79 Å². The largest absolute Gasteiger partial charge is 0.338 e. The smallest absolute Gasteiger partial charge is 0.315 e. The molecule has 0 unspecified atom stereocenters. The molecule has 106 valence electrons. The molecule has 0 saturated heterocycles. The summed E-state index contributed by atoms with van der Waals surface area (Å²) < 4.78 is 2.85. The molecule has 1 aromatic heterocycles. The maximum absolute atomic E-state index is 11.7. The first-order valence-corrected chi connectivity index (χ1v) is 7.75. The summed E-state index contributed by atoms with van der Waals surface area (Å²) in [6, 6.07) is 0.337. The molecule has 0 bridgehead atoms. The Balaban J connectivity index is 1.56. The maximum Gasteiger partial charge on any atom is 0.315 e. The summed E-state index contributed by atoms with van der Waals surface area (Å²) in [7, 11) is 0. The Bertz CT molecular complexity index is 401. The first-order chi connectivity index (χ1) is 9.24. The Morgan fingerprint density at radius 1 is 1.42 bits per heavy atom. The molecule has 1 aliphatic rings. The molecule has 6 heteroatoms. The molecular formula is C13H21BrN4O. The quantitative estimate of drug-likeness (QED) is 0.816. The third kappa shape index (κ3) is 5.22. The van der Waals surface area contributed by atoms with Gasteiger partial charge in [0, 0.05) is 25.3 Å². The standard InChI is InChI=1S/C13H21BrN4O/c14-11-9-16-18(10-11)8-4-7-15-13(19)17-12-5-2-1-3-6-12/h9-10,12H,1-8H2,(H2,15,17,19). The summed E-state index contributed by atoms with van der Waals surface area (Å²) in [5, 5.41) is 10.1. The van der Waals surface area contributed by atoms with Crippen molar-refractivity contribution in [2.75, 3.05) is 6.54 Å². The number of carbonyl (C=O) groups excluding carboxylic acids is 1. The highest BCUT2D eigenvalue weighted by molar-refractivity contribution is 9.10. The first kappa shape index (κ1) is 14.4. The Hall–Kier alpha value is -1.04. The van der Waals surface area contributed by atoms with Crippen LogP contribution in [0.1, 0.15) is 38.5 Å². The minimum atomic E-state index is -0.0338. The lowest BCUT2D eigenvalue weighted by molar-refractivity contribution is 0.232. The molecule has 0 spiro atoms. The summed E-state index contributed by atoms with van der Waals surface area (Å²) in [6.45, 7) is 1.49. The molecule has 1 saturated carbocycles. The third-order valence-electron chi connectivity index (χ3n) is 3.39. The summed E-state index contributed by atoms with van der Waals surface area (Å²) in [5.74, 6) is 0. The van der Waals surface area contributed by atoms with Crippen LogP contribution in [0.2, 0.25) is 0 Å². The van der Waals surface area contributed by atoms with Crippen molar-refractivity contribution in [3.8, 4) is 0 Å². The van der Waals surface area contributed by atoms with E-state index < -0.39 is 0 Å². The van der Waals surface area contributed by atoms with Gasteiger partial charge in [-0.05, 0) is 35.2 Å². The van der Waals surface area contributed by atoms with Crippen LogP contribution in [0, 0.1) is 0 Å². The van der Waals surface area contributed by atoms with Gasteiger partial charge in [-0.2, -0.15) is 5.10 Å². The molecule has 1 fully saturated rings. The van der Waals surface area contributed by atoms with Gasteiger partial charge in [0.2, 0.25) is 0 Å². The molecule has 1 heterocycles. The number of aryl methyl sites for hydroxylation is 1. The predicted molar refractivity (Wildman–Crippen MR) is 78.0 cm³/mol. The molecule has 0 radical (unpaired) electrons. The van der Waals surface area contributed by atoms with E-state index >= 15 is 0 Å². The van der Waals surface area contributed by atoms with E-state index in [1.54, 1.807) is 6.20 Å². The van der Waals surface area contributed by atoms with E-state index in [0.717, 1.165) is 30.3 Å². The Kier molecular flexibility index (Phi) is 5.69. The van der Waals surface area contributed by atoms with Crippen molar-refractivity contribution in [3.63, 3.8) is 0 Å².